The summed E-state index contributed by atoms with van der Waals surface area (Å²) in [5.74, 6) is 2.28. The van der Waals surface area contributed by atoms with Crippen LogP contribution in [0.5, 0.6) is 0 Å². The molecule has 0 heterocycles. The van der Waals surface area contributed by atoms with Crippen LogP contribution in [0.1, 0.15) is 15.9 Å². The Kier molecular flexibility index (Phi) is 5.58. The minimum atomic E-state index is -0.187. The second kappa shape index (κ2) is 7.84. The number of nitrogens with zero attached hydrogens (tertiary/aromatic N) is 1. The Bertz CT molecular complexity index is 774. The molecule has 5 heteroatoms. The number of hydrogen-bond acceptors (Lipinski definition) is 3. The van der Waals surface area contributed by atoms with Crippen molar-refractivity contribution in [3.8, 4) is 12.3 Å². The largest absolute Gasteiger partial charge is 0.376 e. The molecule has 0 aliphatic carbocycles. The lowest BCUT2D eigenvalue weighted by molar-refractivity contribution is -0.114. The molecule has 2 aromatic rings. The van der Waals surface area contributed by atoms with Crippen molar-refractivity contribution < 1.29 is 9.59 Å². The zero-order chi connectivity index (χ0) is 17.5. The van der Waals surface area contributed by atoms with Gasteiger partial charge in [0.05, 0.1) is 6.54 Å². The second-order valence-electron chi connectivity index (χ2n) is 5.40. The summed E-state index contributed by atoms with van der Waals surface area (Å²) in [6.45, 7) is 0.117. The first-order chi connectivity index (χ1) is 11.5. The van der Waals surface area contributed by atoms with Gasteiger partial charge in [0.1, 0.15) is 0 Å². The van der Waals surface area contributed by atoms with Crippen LogP contribution >= 0.6 is 0 Å². The van der Waals surface area contributed by atoms with Gasteiger partial charge in [-0.25, -0.2) is 0 Å². The average molecular weight is 321 g/mol. The number of hydrogen-bond donors (Lipinski definition) is 2. The van der Waals surface area contributed by atoms with Gasteiger partial charge in [0.15, 0.2) is 0 Å². The van der Waals surface area contributed by atoms with Crippen LogP contribution in [-0.4, -0.2) is 37.4 Å². The molecule has 24 heavy (non-hydrogen) atoms. The fraction of sp³-hybridized carbons (Fsp3) is 0.158. The van der Waals surface area contributed by atoms with Crippen molar-refractivity contribution >= 4 is 23.2 Å². The van der Waals surface area contributed by atoms with Crippen LogP contribution in [0.25, 0.3) is 0 Å². The predicted octanol–water partition coefficient (Wildman–Crippen LogP) is 2.42. The van der Waals surface area contributed by atoms with Crippen LogP contribution in [0.2, 0.25) is 0 Å². The Morgan fingerprint density at radius 1 is 1.08 bits per heavy atom. The van der Waals surface area contributed by atoms with Crippen LogP contribution in [-0.2, 0) is 4.79 Å². The number of terminal acetylenes is 1. The first kappa shape index (κ1) is 17.1. The molecule has 0 spiro atoms. The minimum absolute atomic E-state index is 0.0806. The van der Waals surface area contributed by atoms with E-state index in [-0.39, 0.29) is 18.4 Å². The summed E-state index contributed by atoms with van der Waals surface area (Å²) in [7, 11) is 3.39. The van der Waals surface area contributed by atoms with Crippen molar-refractivity contribution in [1.29, 1.82) is 0 Å². The minimum Gasteiger partial charge on any atom is -0.376 e. The zero-order valence-electron chi connectivity index (χ0n) is 13.7. The second-order valence-corrected chi connectivity index (χ2v) is 5.40. The number of rotatable bonds is 5. The molecule has 0 saturated carbocycles. The number of anilines is 2. The lowest BCUT2D eigenvalue weighted by atomic mass is 10.2. The molecular weight excluding hydrogens is 302 g/mol. The first-order valence-corrected chi connectivity index (χ1v) is 7.41. The fourth-order valence-corrected chi connectivity index (χ4v) is 2.06. The molecule has 2 aromatic carbocycles. The third kappa shape index (κ3) is 4.62. The van der Waals surface area contributed by atoms with E-state index in [1.165, 1.54) is 4.90 Å². The lowest BCUT2D eigenvalue weighted by Crippen LogP contribution is -2.23. The maximum Gasteiger partial charge on any atom is 0.253 e. The maximum atomic E-state index is 12.0. The molecule has 0 aliphatic heterocycles. The van der Waals surface area contributed by atoms with Crippen molar-refractivity contribution in [1.82, 2.24) is 4.90 Å². The van der Waals surface area contributed by atoms with Gasteiger partial charge in [-0.15, -0.1) is 6.42 Å². The van der Waals surface area contributed by atoms with Crippen LogP contribution < -0.4 is 10.6 Å². The summed E-state index contributed by atoms with van der Waals surface area (Å²) < 4.78 is 0. The van der Waals surface area contributed by atoms with Gasteiger partial charge in [-0.1, -0.05) is 12.0 Å². The molecule has 2 amide bonds. The summed E-state index contributed by atoms with van der Waals surface area (Å²) in [5, 5.41) is 5.79. The van der Waals surface area contributed by atoms with Crippen LogP contribution in [0.3, 0.4) is 0 Å². The topological polar surface area (TPSA) is 61.4 Å². The normalized spacial score (nSPS) is 9.71. The Labute approximate surface area is 141 Å². The van der Waals surface area contributed by atoms with E-state index in [9.17, 15) is 9.59 Å². The SMILES string of the molecule is C#Cc1cccc(NCC(=O)Nc2ccc(C(=O)N(C)C)cc2)c1. The molecule has 122 valence electrons. The smallest absolute Gasteiger partial charge is 0.253 e. The van der Waals surface area contributed by atoms with E-state index < -0.39 is 0 Å². The quantitative estimate of drug-likeness (QED) is 0.832. The predicted molar refractivity (Wildman–Crippen MR) is 96.0 cm³/mol. The Balaban J connectivity index is 1.90. The van der Waals surface area contributed by atoms with Gasteiger partial charge >= 0.3 is 0 Å². The van der Waals surface area contributed by atoms with Crippen molar-refractivity contribution in [3.63, 3.8) is 0 Å². The molecule has 2 N–H and O–H groups in total. The molecule has 0 aliphatic rings. The lowest BCUT2D eigenvalue weighted by Gasteiger charge is -2.11. The highest BCUT2D eigenvalue weighted by molar-refractivity contribution is 5.96. The third-order valence-electron chi connectivity index (χ3n) is 3.30. The highest BCUT2D eigenvalue weighted by atomic mass is 16.2. The summed E-state index contributed by atoms with van der Waals surface area (Å²) in [5.41, 5.74) is 2.74. The summed E-state index contributed by atoms with van der Waals surface area (Å²) in [6.07, 6.45) is 5.34. The van der Waals surface area contributed by atoms with Crippen molar-refractivity contribution in [2.24, 2.45) is 0 Å². The molecular formula is C19H19N3O2. The fourth-order valence-electron chi connectivity index (χ4n) is 2.06. The molecule has 0 fully saturated rings. The highest BCUT2D eigenvalue weighted by Crippen LogP contribution is 2.12. The van der Waals surface area contributed by atoms with E-state index in [0.717, 1.165) is 11.3 Å². The summed E-state index contributed by atoms with van der Waals surface area (Å²) in [6, 6.07) is 14.1. The van der Waals surface area contributed by atoms with E-state index in [1.54, 1.807) is 44.4 Å². The molecule has 0 unspecified atom stereocenters. The zero-order valence-corrected chi connectivity index (χ0v) is 13.7. The van der Waals surface area contributed by atoms with E-state index in [0.29, 0.717) is 11.3 Å². The molecule has 0 atom stereocenters. The summed E-state index contributed by atoms with van der Waals surface area (Å²) >= 11 is 0. The maximum absolute atomic E-state index is 12.0. The Morgan fingerprint density at radius 2 is 1.79 bits per heavy atom. The number of nitrogens with one attached hydrogen (secondary N) is 2. The van der Waals surface area contributed by atoms with Gasteiger partial charge in [0.2, 0.25) is 5.91 Å². The molecule has 2 rings (SSSR count). The van der Waals surface area contributed by atoms with Gasteiger partial charge in [0, 0.05) is 36.6 Å². The van der Waals surface area contributed by atoms with Crippen molar-refractivity contribution in [3.05, 3.63) is 59.7 Å². The Hall–Kier alpha value is -3.26. The number of benzene rings is 2. The molecule has 0 bridgehead atoms. The van der Waals surface area contributed by atoms with Gasteiger partial charge < -0.3 is 15.5 Å². The third-order valence-corrected chi connectivity index (χ3v) is 3.30. The molecule has 5 nitrogen and oxygen atoms in total. The van der Waals surface area contributed by atoms with Gasteiger partial charge in [-0.3, -0.25) is 9.59 Å². The van der Waals surface area contributed by atoms with Crippen LogP contribution in [0.4, 0.5) is 11.4 Å². The van der Waals surface area contributed by atoms with Crippen molar-refractivity contribution in [2.75, 3.05) is 31.3 Å². The van der Waals surface area contributed by atoms with E-state index in [4.69, 9.17) is 6.42 Å². The first-order valence-electron chi connectivity index (χ1n) is 7.41. The van der Waals surface area contributed by atoms with Gasteiger partial charge in [-0.05, 0) is 42.5 Å². The summed E-state index contributed by atoms with van der Waals surface area (Å²) in [4.78, 5) is 25.3. The number of carbonyl (C=O) groups is 2. The average Bonchev–Trinajstić information content (AvgIpc) is 2.60. The Morgan fingerprint density at radius 3 is 2.42 bits per heavy atom. The highest BCUT2D eigenvalue weighted by Gasteiger charge is 2.08. The monoisotopic (exact) mass is 321 g/mol. The van der Waals surface area contributed by atoms with Crippen LogP contribution in [0, 0.1) is 12.3 Å². The molecule has 0 radical (unpaired) electrons. The van der Waals surface area contributed by atoms with E-state index >= 15 is 0 Å². The van der Waals surface area contributed by atoms with Gasteiger partial charge in [-0.2, -0.15) is 0 Å². The standard InChI is InChI=1S/C19H19N3O2/c1-4-14-6-5-7-17(12-14)20-13-18(23)21-16-10-8-15(9-11-16)19(24)22(2)3/h1,5-12,20H,13H2,2-3H3,(H,21,23). The van der Waals surface area contributed by atoms with Crippen LogP contribution in [0.15, 0.2) is 48.5 Å². The van der Waals surface area contributed by atoms with Crippen molar-refractivity contribution in [2.45, 2.75) is 0 Å². The number of carbonyl (C=O) groups excluding carboxylic acids is 2. The van der Waals surface area contributed by atoms with E-state index in [2.05, 4.69) is 16.6 Å². The molecule has 0 aromatic heterocycles. The van der Waals surface area contributed by atoms with Gasteiger partial charge in [0.25, 0.3) is 5.91 Å². The molecule has 0 saturated heterocycles. The van der Waals surface area contributed by atoms with E-state index in [1.807, 2.05) is 18.2 Å². The number of amides is 2.